The van der Waals surface area contributed by atoms with Crippen molar-refractivity contribution in [3.8, 4) is 0 Å². The van der Waals surface area contributed by atoms with Gasteiger partial charge in [-0.05, 0) is 31.0 Å². The van der Waals surface area contributed by atoms with Gasteiger partial charge in [-0.2, -0.15) is 4.31 Å². The van der Waals surface area contributed by atoms with Crippen LogP contribution >= 0.6 is 11.6 Å². The molecule has 0 atom stereocenters. The van der Waals surface area contributed by atoms with Gasteiger partial charge in [-0.1, -0.05) is 11.6 Å². The Morgan fingerprint density at radius 2 is 1.82 bits per heavy atom. The molecule has 1 N–H and O–H groups in total. The average Bonchev–Trinajstić information content (AvgIpc) is 2.40. The van der Waals surface area contributed by atoms with Crippen molar-refractivity contribution < 1.29 is 21.2 Å². The molecule has 1 saturated heterocycles. The number of nitrogens with one attached hydrogen (secondary N) is 1. The van der Waals surface area contributed by atoms with Gasteiger partial charge in [-0.15, -0.1) is 0 Å². The molecule has 124 valence electrons. The van der Waals surface area contributed by atoms with Crippen LogP contribution in [0.1, 0.15) is 12.8 Å². The molecule has 22 heavy (non-hydrogen) atoms. The Labute approximate surface area is 134 Å². The smallest absolute Gasteiger partial charge is 0.213 e. The minimum Gasteiger partial charge on any atom is -0.213 e. The lowest BCUT2D eigenvalue weighted by Gasteiger charge is -2.31. The van der Waals surface area contributed by atoms with Crippen molar-refractivity contribution in [2.45, 2.75) is 23.8 Å². The number of rotatable bonds is 4. The van der Waals surface area contributed by atoms with Gasteiger partial charge in [-0.3, -0.25) is 0 Å². The van der Waals surface area contributed by atoms with Gasteiger partial charge in [0.1, 0.15) is 5.82 Å². The fourth-order valence-corrected chi connectivity index (χ4v) is 4.89. The van der Waals surface area contributed by atoms with Gasteiger partial charge in [0, 0.05) is 19.1 Å². The van der Waals surface area contributed by atoms with Crippen LogP contribution in [0.15, 0.2) is 23.1 Å². The van der Waals surface area contributed by atoms with E-state index in [1.807, 2.05) is 0 Å². The second kappa shape index (κ2) is 6.40. The van der Waals surface area contributed by atoms with Crippen molar-refractivity contribution in [3.63, 3.8) is 0 Å². The molecule has 0 radical (unpaired) electrons. The second-order valence-corrected chi connectivity index (χ2v) is 9.27. The Kier molecular flexibility index (Phi) is 5.13. The minimum absolute atomic E-state index is 0.0755. The van der Waals surface area contributed by atoms with Gasteiger partial charge in [0.15, 0.2) is 0 Å². The van der Waals surface area contributed by atoms with E-state index in [1.54, 1.807) is 0 Å². The zero-order valence-corrected chi connectivity index (χ0v) is 14.2. The number of piperidine rings is 1. The molecule has 10 heteroatoms. The van der Waals surface area contributed by atoms with E-state index in [9.17, 15) is 21.2 Å². The van der Waals surface area contributed by atoms with E-state index in [1.165, 1.54) is 4.31 Å². The summed E-state index contributed by atoms with van der Waals surface area (Å²) in [5.41, 5.74) is 0. The monoisotopic (exact) mass is 370 g/mol. The quantitative estimate of drug-likeness (QED) is 0.862. The number of benzene rings is 1. The maximum absolute atomic E-state index is 13.1. The van der Waals surface area contributed by atoms with Crippen LogP contribution in [0, 0.1) is 5.82 Å². The van der Waals surface area contributed by atoms with Crippen LogP contribution in [0.2, 0.25) is 5.02 Å². The van der Waals surface area contributed by atoms with Crippen LogP contribution in [-0.2, 0) is 20.0 Å². The molecular formula is C12H16ClFN2O4S2. The molecule has 0 bridgehead atoms. The van der Waals surface area contributed by atoms with E-state index >= 15 is 0 Å². The zero-order chi connectivity index (χ0) is 16.5. The number of nitrogens with zero attached hydrogens (tertiary/aromatic N) is 1. The van der Waals surface area contributed by atoms with Gasteiger partial charge >= 0.3 is 0 Å². The zero-order valence-electron chi connectivity index (χ0n) is 11.8. The molecule has 6 nitrogen and oxygen atoms in total. The highest BCUT2D eigenvalue weighted by atomic mass is 35.5. The van der Waals surface area contributed by atoms with Crippen molar-refractivity contribution in [1.82, 2.24) is 9.03 Å². The second-order valence-electron chi connectivity index (χ2n) is 5.14. The molecule has 1 aromatic rings. The summed E-state index contributed by atoms with van der Waals surface area (Å²) in [5, 5.41) is -0.255. The van der Waals surface area contributed by atoms with Crippen LogP contribution in [0.5, 0.6) is 0 Å². The maximum Gasteiger partial charge on any atom is 0.243 e. The van der Waals surface area contributed by atoms with Crippen molar-refractivity contribution in [3.05, 3.63) is 29.0 Å². The largest absolute Gasteiger partial charge is 0.243 e. The van der Waals surface area contributed by atoms with E-state index in [2.05, 4.69) is 4.72 Å². The summed E-state index contributed by atoms with van der Waals surface area (Å²) < 4.78 is 64.1. The van der Waals surface area contributed by atoms with Crippen LogP contribution in [0.25, 0.3) is 0 Å². The van der Waals surface area contributed by atoms with Crippen LogP contribution in [0.4, 0.5) is 4.39 Å². The fourth-order valence-electron chi connectivity index (χ4n) is 2.30. The number of halogens is 2. The van der Waals surface area contributed by atoms with Gasteiger partial charge in [0.25, 0.3) is 0 Å². The number of sulfonamides is 2. The molecular weight excluding hydrogens is 355 g/mol. The predicted molar refractivity (Wildman–Crippen MR) is 81.2 cm³/mol. The van der Waals surface area contributed by atoms with Gasteiger partial charge in [0.05, 0.1) is 16.2 Å². The first kappa shape index (κ1) is 17.6. The normalized spacial score (nSPS) is 18.5. The molecule has 0 saturated carbocycles. The summed E-state index contributed by atoms with van der Waals surface area (Å²) >= 11 is 5.62. The van der Waals surface area contributed by atoms with E-state index in [-0.39, 0.29) is 29.0 Å². The molecule has 0 aromatic heterocycles. The number of hydrogen-bond donors (Lipinski definition) is 1. The van der Waals surface area contributed by atoms with Gasteiger partial charge in [-0.25, -0.2) is 25.9 Å². The van der Waals surface area contributed by atoms with E-state index in [0.29, 0.717) is 12.8 Å². The molecule has 0 spiro atoms. The highest BCUT2D eigenvalue weighted by molar-refractivity contribution is 7.89. The molecule has 0 unspecified atom stereocenters. The average molecular weight is 371 g/mol. The molecule has 1 aromatic carbocycles. The summed E-state index contributed by atoms with van der Waals surface area (Å²) in [5.74, 6) is -0.684. The van der Waals surface area contributed by atoms with Gasteiger partial charge in [0.2, 0.25) is 20.0 Å². The van der Waals surface area contributed by atoms with E-state index in [0.717, 1.165) is 24.5 Å². The fraction of sp³-hybridized carbons (Fsp3) is 0.500. The highest BCUT2D eigenvalue weighted by Gasteiger charge is 2.30. The van der Waals surface area contributed by atoms with Crippen molar-refractivity contribution in [2.24, 2.45) is 0 Å². The Morgan fingerprint density at radius 3 is 2.32 bits per heavy atom. The first-order valence-corrected chi connectivity index (χ1v) is 10.2. The molecule has 1 fully saturated rings. The van der Waals surface area contributed by atoms with Gasteiger partial charge < -0.3 is 0 Å². The highest BCUT2D eigenvalue weighted by Crippen LogP contribution is 2.24. The van der Waals surface area contributed by atoms with E-state index < -0.39 is 25.9 Å². The van der Waals surface area contributed by atoms with Crippen molar-refractivity contribution in [1.29, 1.82) is 0 Å². The minimum atomic E-state index is -3.76. The Bertz CT molecular complexity index is 759. The van der Waals surface area contributed by atoms with E-state index in [4.69, 9.17) is 11.6 Å². The van der Waals surface area contributed by atoms with Crippen molar-refractivity contribution in [2.75, 3.05) is 19.3 Å². The molecule has 1 aliphatic rings. The molecule has 0 aliphatic carbocycles. The van der Waals surface area contributed by atoms with Crippen LogP contribution in [-0.4, -0.2) is 46.5 Å². The summed E-state index contributed by atoms with van der Waals surface area (Å²) in [6.07, 6.45) is 1.82. The summed E-state index contributed by atoms with van der Waals surface area (Å²) in [7, 11) is -7.08. The summed E-state index contributed by atoms with van der Waals surface area (Å²) in [4.78, 5) is -0.0755. The molecule has 1 aliphatic heterocycles. The number of hydrogen-bond acceptors (Lipinski definition) is 4. The van der Waals surface area contributed by atoms with Crippen molar-refractivity contribution >= 4 is 31.6 Å². The first-order chi connectivity index (χ1) is 10.1. The third-order valence-electron chi connectivity index (χ3n) is 3.36. The standard InChI is InChI=1S/C12H16ClFN2O4S2/c1-21(17,18)15-9-4-6-16(7-5-9)22(19,20)10-2-3-12(14)11(13)8-10/h2-3,8-9,15H,4-7H2,1H3. The Balaban J connectivity index is 2.11. The lowest BCUT2D eigenvalue weighted by molar-refractivity contribution is 0.309. The lowest BCUT2D eigenvalue weighted by Crippen LogP contribution is -2.46. The lowest BCUT2D eigenvalue weighted by atomic mass is 10.1. The predicted octanol–water partition coefficient (Wildman–Crippen LogP) is 1.18. The van der Waals surface area contributed by atoms with Crippen LogP contribution < -0.4 is 4.72 Å². The Morgan fingerprint density at radius 1 is 1.23 bits per heavy atom. The van der Waals surface area contributed by atoms with Crippen LogP contribution in [0.3, 0.4) is 0 Å². The Hall–Kier alpha value is -0.740. The third-order valence-corrected chi connectivity index (χ3v) is 6.31. The third kappa shape index (κ3) is 4.17. The molecule has 2 rings (SSSR count). The molecule has 0 amide bonds. The maximum atomic E-state index is 13.1. The first-order valence-electron chi connectivity index (χ1n) is 6.52. The SMILES string of the molecule is CS(=O)(=O)NC1CCN(S(=O)(=O)c2ccc(F)c(Cl)c2)CC1. The topological polar surface area (TPSA) is 83.6 Å². The summed E-state index contributed by atoms with van der Waals surface area (Å²) in [6, 6.07) is 2.97. The molecule has 1 heterocycles. The summed E-state index contributed by atoms with van der Waals surface area (Å²) in [6.45, 7) is 0.370.